The molecular weight excluding hydrogens is 230 g/mol. The predicted octanol–water partition coefficient (Wildman–Crippen LogP) is 1.30. The van der Waals surface area contributed by atoms with E-state index in [1.165, 1.54) is 0 Å². The number of para-hydroxylation sites is 1. The largest absolute Gasteiger partial charge is 0.484 e. The Balaban J connectivity index is 2.14. The Bertz CT molecular complexity index is 608. The zero-order valence-corrected chi connectivity index (χ0v) is 9.72. The van der Waals surface area contributed by atoms with Crippen molar-refractivity contribution in [2.45, 2.75) is 6.10 Å². The molecule has 3 rings (SSSR count). The number of hydrogen-bond donors (Lipinski definition) is 2. The number of aromatic nitrogens is 1. The number of ether oxygens (including phenoxy) is 2. The van der Waals surface area contributed by atoms with Gasteiger partial charge >= 0.3 is 0 Å². The fraction of sp³-hybridized carbons (Fsp3) is 0.231. The lowest BCUT2D eigenvalue weighted by Crippen LogP contribution is -2.39. The highest BCUT2D eigenvalue weighted by Gasteiger charge is 2.23. The van der Waals surface area contributed by atoms with E-state index in [1.54, 1.807) is 6.20 Å². The summed E-state index contributed by atoms with van der Waals surface area (Å²) < 4.78 is 11.0. The maximum Gasteiger partial charge on any atom is 0.145 e. The molecule has 3 N–H and O–H groups in total. The summed E-state index contributed by atoms with van der Waals surface area (Å²) in [6, 6.07) is 7.66. The Morgan fingerprint density at radius 2 is 2.17 bits per heavy atom. The zero-order valence-electron chi connectivity index (χ0n) is 9.72. The summed E-state index contributed by atoms with van der Waals surface area (Å²) in [5.41, 5.74) is 6.93. The molecule has 1 aromatic heterocycles. The van der Waals surface area contributed by atoms with Crippen molar-refractivity contribution in [3.63, 3.8) is 0 Å². The summed E-state index contributed by atoms with van der Waals surface area (Å²) in [6.45, 7) is 1.15. The maximum absolute atomic E-state index is 7.60. The smallest absolute Gasteiger partial charge is 0.145 e. The third kappa shape index (κ3) is 1.78. The first-order chi connectivity index (χ1) is 8.75. The summed E-state index contributed by atoms with van der Waals surface area (Å²) >= 11 is 0. The third-order valence-corrected chi connectivity index (χ3v) is 2.91. The van der Waals surface area contributed by atoms with Crippen LogP contribution in [-0.4, -0.2) is 30.1 Å². The quantitative estimate of drug-likeness (QED) is 0.628. The third-order valence-electron chi connectivity index (χ3n) is 2.91. The Kier molecular flexibility index (Phi) is 2.60. The number of nitrogens with two attached hydrogens (primary N) is 1. The van der Waals surface area contributed by atoms with Gasteiger partial charge in [-0.2, -0.15) is 0 Å². The first kappa shape index (κ1) is 11.0. The molecule has 0 amide bonds. The second-order valence-corrected chi connectivity index (χ2v) is 4.21. The average Bonchev–Trinajstić information content (AvgIpc) is 2.33. The minimum absolute atomic E-state index is 0.0360. The molecule has 1 saturated heterocycles. The molecule has 18 heavy (non-hydrogen) atoms. The Morgan fingerprint density at radius 1 is 1.39 bits per heavy atom. The van der Waals surface area contributed by atoms with Crippen molar-refractivity contribution >= 4 is 16.7 Å². The number of nitrogens with one attached hydrogen (secondary N) is 1. The zero-order chi connectivity index (χ0) is 12.5. The van der Waals surface area contributed by atoms with Crippen molar-refractivity contribution in [3.8, 4) is 5.75 Å². The molecule has 0 spiro atoms. The first-order valence-electron chi connectivity index (χ1n) is 5.72. The average molecular weight is 243 g/mol. The van der Waals surface area contributed by atoms with Gasteiger partial charge in [-0.25, -0.2) is 0 Å². The van der Waals surface area contributed by atoms with Crippen LogP contribution in [0.1, 0.15) is 5.56 Å². The first-order valence-corrected chi connectivity index (χ1v) is 5.72. The summed E-state index contributed by atoms with van der Waals surface area (Å²) in [4.78, 5) is 4.28. The van der Waals surface area contributed by atoms with E-state index in [9.17, 15) is 0 Å². The van der Waals surface area contributed by atoms with Gasteiger partial charge in [-0.05, 0) is 12.1 Å². The number of nitrogen functional groups attached to an aromatic ring is 1. The highest BCUT2D eigenvalue weighted by Crippen LogP contribution is 2.29. The fourth-order valence-corrected chi connectivity index (χ4v) is 1.88. The van der Waals surface area contributed by atoms with Gasteiger partial charge in [0.2, 0.25) is 0 Å². The molecule has 5 heteroatoms. The molecule has 2 aromatic rings. The van der Waals surface area contributed by atoms with Crippen LogP contribution in [0.5, 0.6) is 5.75 Å². The molecule has 2 heterocycles. The van der Waals surface area contributed by atoms with Crippen LogP contribution >= 0.6 is 0 Å². The molecule has 1 aromatic carbocycles. The van der Waals surface area contributed by atoms with Crippen LogP contribution in [-0.2, 0) is 4.74 Å². The van der Waals surface area contributed by atoms with Gasteiger partial charge in [-0.3, -0.25) is 10.4 Å². The van der Waals surface area contributed by atoms with E-state index in [2.05, 4.69) is 4.98 Å². The predicted molar refractivity (Wildman–Crippen MR) is 68.0 cm³/mol. The molecule has 0 unspecified atom stereocenters. The van der Waals surface area contributed by atoms with E-state index in [0.29, 0.717) is 24.5 Å². The summed E-state index contributed by atoms with van der Waals surface area (Å²) in [5.74, 6) is 0.588. The Morgan fingerprint density at radius 3 is 2.83 bits per heavy atom. The minimum Gasteiger partial charge on any atom is -0.484 e. The van der Waals surface area contributed by atoms with Crippen molar-refractivity contribution < 1.29 is 9.47 Å². The lowest BCUT2D eigenvalue weighted by atomic mass is 10.1. The molecule has 0 bridgehead atoms. The second-order valence-electron chi connectivity index (χ2n) is 4.21. The number of pyridine rings is 1. The van der Waals surface area contributed by atoms with Gasteiger partial charge in [0.05, 0.1) is 24.3 Å². The van der Waals surface area contributed by atoms with Crippen LogP contribution in [0.25, 0.3) is 10.9 Å². The van der Waals surface area contributed by atoms with Gasteiger partial charge in [0.15, 0.2) is 0 Å². The van der Waals surface area contributed by atoms with Crippen molar-refractivity contribution in [1.82, 2.24) is 4.98 Å². The molecule has 92 valence electrons. The normalized spacial score (nSPS) is 15.3. The van der Waals surface area contributed by atoms with Crippen LogP contribution < -0.4 is 10.5 Å². The number of rotatable bonds is 3. The number of nitrogens with zero attached hydrogens (tertiary/aromatic N) is 1. The van der Waals surface area contributed by atoms with E-state index in [-0.39, 0.29) is 11.9 Å². The number of fused-ring (bicyclic) bond motifs is 1. The van der Waals surface area contributed by atoms with E-state index in [0.717, 1.165) is 10.9 Å². The van der Waals surface area contributed by atoms with Gasteiger partial charge in [0.1, 0.15) is 17.7 Å². The monoisotopic (exact) mass is 243 g/mol. The number of amidine groups is 1. The SMILES string of the molecule is N=C(N)c1cnc2ccccc2c1OC1COC1. The topological polar surface area (TPSA) is 81.2 Å². The molecule has 1 aliphatic heterocycles. The maximum atomic E-state index is 7.60. The summed E-state index contributed by atoms with van der Waals surface area (Å²) in [5, 5.41) is 8.47. The Hall–Kier alpha value is -2.14. The van der Waals surface area contributed by atoms with Crippen LogP contribution in [0, 0.1) is 5.41 Å². The lowest BCUT2D eigenvalue weighted by molar-refractivity contribution is -0.0791. The van der Waals surface area contributed by atoms with Crippen LogP contribution in [0.3, 0.4) is 0 Å². The van der Waals surface area contributed by atoms with Gasteiger partial charge < -0.3 is 15.2 Å². The van der Waals surface area contributed by atoms with Gasteiger partial charge in [0, 0.05) is 11.6 Å². The van der Waals surface area contributed by atoms with E-state index >= 15 is 0 Å². The molecule has 0 atom stereocenters. The Labute approximate surface area is 104 Å². The molecule has 0 radical (unpaired) electrons. The fourth-order valence-electron chi connectivity index (χ4n) is 1.88. The molecule has 0 aliphatic carbocycles. The van der Waals surface area contributed by atoms with Crippen molar-refractivity contribution in [1.29, 1.82) is 5.41 Å². The van der Waals surface area contributed by atoms with Crippen molar-refractivity contribution in [2.24, 2.45) is 5.73 Å². The molecule has 0 saturated carbocycles. The second kappa shape index (κ2) is 4.27. The van der Waals surface area contributed by atoms with Gasteiger partial charge in [-0.1, -0.05) is 12.1 Å². The van der Waals surface area contributed by atoms with Gasteiger partial charge in [0.25, 0.3) is 0 Å². The highest BCUT2D eigenvalue weighted by molar-refractivity contribution is 6.02. The van der Waals surface area contributed by atoms with Crippen molar-refractivity contribution in [2.75, 3.05) is 13.2 Å². The van der Waals surface area contributed by atoms with E-state index in [1.807, 2.05) is 24.3 Å². The molecule has 1 aliphatic rings. The minimum atomic E-state index is -0.0384. The molecule has 5 nitrogen and oxygen atoms in total. The summed E-state index contributed by atoms with van der Waals surface area (Å²) in [7, 11) is 0. The van der Waals surface area contributed by atoms with E-state index in [4.69, 9.17) is 20.6 Å². The van der Waals surface area contributed by atoms with Gasteiger partial charge in [-0.15, -0.1) is 0 Å². The number of benzene rings is 1. The number of hydrogen-bond acceptors (Lipinski definition) is 4. The van der Waals surface area contributed by atoms with Crippen LogP contribution in [0.15, 0.2) is 30.5 Å². The lowest BCUT2D eigenvalue weighted by Gasteiger charge is -2.28. The van der Waals surface area contributed by atoms with E-state index < -0.39 is 0 Å². The summed E-state index contributed by atoms with van der Waals surface area (Å²) in [6.07, 6.45) is 1.62. The van der Waals surface area contributed by atoms with Crippen LogP contribution in [0.2, 0.25) is 0 Å². The standard InChI is InChI=1S/C13H13N3O2/c14-13(15)10-5-16-11-4-2-1-3-9(11)12(10)18-8-6-17-7-8/h1-5,8H,6-7H2,(H3,14,15). The molecule has 1 fully saturated rings. The van der Waals surface area contributed by atoms with Crippen LogP contribution in [0.4, 0.5) is 0 Å². The highest BCUT2D eigenvalue weighted by atomic mass is 16.6. The van der Waals surface area contributed by atoms with Crippen molar-refractivity contribution in [3.05, 3.63) is 36.0 Å². The molecular formula is C13H13N3O2.